The normalized spacial score (nSPS) is 28.2. The summed E-state index contributed by atoms with van der Waals surface area (Å²) in [5.74, 6) is -0.752. The molecule has 0 aromatic heterocycles. The van der Waals surface area contributed by atoms with Gasteiger partial charge in [0, 0.05) is 11.6 Å². The van der Waals surface area contributed by atoms with Crippen LogP contribution in [-0.2, 0) is 4.79 Å². The summed E-state index contributed by atoms with van der Waals surface area (Å²) in [6.07, 6.45) is 2.65. The third-order valence-electron chi connectivity index (χ3n) is 2.97. The molecule has 1 aliphatic rings. The molecule has 0 saturated heterocycles. The fourth-order valence-corrected chi connectivity index (χ4v) is 1.59. The summed E-state index contributed by atoms with van der Waals surface area (Å²) in [6, 6.07) is 0.413. The predicted molar refractivity (Wildman–Crippen MR) is 51.7 cm³/mol. The molecule has 0 aromatic carbocycles. The standard InChI is InChI=1S/C10H19NO2/c1-4-10(2,3)11-8-5-7(6-8)9(12)13/h7-8,11H,4-6H2,1-3H3,(H,12,13). The first-order chi connectivity index (χ1) is 5.94. The molecule has 1 saturated carbocycles. The first-order valence-electron chi connectivity index (χ1n) is 4.95. The maximum absolute atomic E-state index is 10.5. The quantitative estimate of drug-likeness (QED) is 0.700. The summed E-state index contributed by atoms with van der Waals surface area (Å²) in [7, 11) is 0. The molecule has 3 nitrogen and oxygen atoms in total. The lowest BCUT2D eigenvalue weighted by atomic mass is 9.79. The largest absolute Gasteiger partial charge is 0.481 e. The number of hydrogen-bond donors (Lipinski definition) is 2. The van der Waals surface area contributed by atoms with Crippen molar-refractivity contribution in [3.63, 3.8) is 0 Å². The van der Waals surface area contributed by atoms with Crippen LogP contribution < -0.4 is 5.32 Å². The van der Waals surface area contributed by atoms with E-state index in [1.165, 1.54) is 0 Å². The second-order valence-corrected chi connectivity index (χ2v) is 4.59. The molecule has 76 valence electrons. The maximum Gasteiger partial charge on any atom is 0.306 e. The topological polar surface area (TPSA) is 49.3 Å². The molecule has 1 fully saturated rings. The van der Waals surface area contributed by atoms with Gasteiger partial charge in [-0.25, -0.2) is 0 Å². The Balaban J connectivity index is 2.25. The molecule has 0 aromatic rings. The van der Waals surface area contributed by atoms with Crippen LogP contribution in [0.3, 0.4) is 0 Å². The minimum Gasteiger partial charge on any atom is -0.481 e. The SMILES string of the molecule is CCC(C)(C)NC1CC(C(=O)O)C1. The minimum absolute atomic E-state index is 0.106. The van der Waals surface area contributed by atoms with Gasteiger partial charge in [0.05, 0.1) is 5.92 Å². The number of nitrogens with one attached hydrogen (secondary N) is 1. The van der Waals surface area contributed by atoms with Crippen LogP contribution in [0.2, 0.25) is 0 Å². The summed E-state index contributed by atoms with van der Waals surface area (Å²) >= 11 is 0. The zero-order chi connectivity index (χ0) is 10.1. The molecule has 1 rings (SSSR count). The van der Waals surface area contributed by atoms with Crippen molar-refractivity contribution < 1.29 is 9.90 Å². The number of carboxylic acid groups (broad SMARTS) is 1. The van der Waals surface area contributed by atoms with Gasteiger partial charge in [-0.3, -0.25) is 4.79 Å². The van der Waals surface area contributed by atoms with E-state index in [0.717, 1.165) is 19.3 Å². The number of carbonyl (C=O) groups is 1. The second-order valence-electron chi connectivity index (χ2n) is 4.59. The fourth-order valence-electron chi connectivity index (χ4n) is 1.59. The average molecular weight is 185 g/mol. The Labute approximate surface area is 79.5 Å². The Morgan fingerprint density at radius 3 is 2.46 bits per heavy atom. The van der Waals surface area contributed by atoms with Gasteiger partial charge in [0.2, 0.25) is 0 Å². The van der Waals surface area contributed by atoms with Gasteiger partial charge in [-0.2, -0.15) is 0 Å². The Kier molecular flexibility index (Phi) is 2.96. The number of carboxylic acids is 1. The Morgan fingerprint density at radius 2 is 2.08 bits per heavy atom. The molecule has 0 atom stereocenters. The highest BCUT2D eigenvalue weighted by atomic mass is 16.4. The van der Waals surface area contributed by atoms with Crippen LogP contribution in [0, 0.1) is 5.92 Å². The van der Waals surface area contributed by atoms with E-state index in [9.17, 15) is 4.79 Å². The van der Waals surface area contributed by atoms with E-state index in [2.05, 4.69) is 26.1 Å². The first kappa shape index (κ1) is 10.5. The van der Waals surface area contributed by atoms with Crippen molar-refractivity contribution in [2.75, 3.05) is 0 Å². The summed E-state index contributed by atoms with van der Waals surface area (Å²) in [4.78, 5) is 10.5. The van der Waals surface area contributed by atoms with E-state index in [1.807, 2.05) is 0 Å². The van der Waals surface area contributed by atoms with Crippen molar-refractivity contribution >= 4 is 5.97 Å². The Hall–Kier alpha value is -0.570. The van der Waals surface area contributed by atoms with Crippen molar-refractivity contribution in [2.24, 2.45) is 5.92 Å². The zero-order valence-corrected chi connectivity index (χ0v) is 8.63. The Morgan fingerprint density at radius 1 is 1.54 bits per heavy atom. The van der Waals surface area contributed by atoms with E-state index in [4.69, 9.17) is 5.11 Å². The molecular weight excluding hydrogens is 166 g/mol. The van der Waals surface area contributed by atoms with Crippen molar-refractivity contribution in [1.29, 1.82) is 0 Å². The minimum atomic E-state index is -0.646. The van der Waals surface area contributed by atoms with Gasteiger partial charge in [0.1, 0.15) is 0 Å². The Bertz CT molecular complexity index is 195. The van der Waals surface area contributed by atoms with Crippen LogP contribution in [0.25, 0.3) is 0 Å². The lowest BCUT2D eigenvalue weighted by Gasteiger charge is -2.39. The van der Waals surface area contributed by atoms with Crippen molar-refractivity contribution in [1.82, 2.24) is 5.32 Å². The predicted octanol–water partition coefficient (Wildman–Crippen LogP) is 1.63. The van der Waals surface area contributed by atoms with Gasteiger partial charge in [-0.15, -0.1) is 0 Å². The smallest absolute Gasteiger partial charge is 0.306 e. The molecule has 0 amide bonds. The third kappa shape index (κ3) is 2.69. The molecular formula is C10H19NO2. The van der Waals surface area contributed by atoms with Crippen molar-refractivity contribution in [3.05, 3.63) is 0 Å². The van der Waals surface area contributed by atoms with E-state index in [1.54, 1.807) is 0 Å². The number of rotatable bonds is 4. The van der Waals surface area contributed by atoms with Crippen LogP contribution in [0.4, 0.5) is 0 Å². The molecule has 0 unspecified atom stereocenters. The van der Waals surface area contributed by atoms with Crippen LogP contribution in [0.1, 0.15) is 40.0 Å². The van der Waals surface area contributed by atoms with Crippen LogP contribution >= 0.6 is 0 Å². The van der Waals surface area contributed by atoms with E-state index < -0.39 is 5.97 Å². The van der Waals surface area contributed by atoms with Gasteiger partial charge in [0.25, 0.3) is 0 Å². The summed E-state index contributed by atoms with van der Waals surface area (Å²) in [6.45, 7) is 6.45. The first-order valence-corrected chi connectivity index (χ1v) is 4.95. The lowest BCUT2D eigenvalue weighted by Crippen LogP contribution is -2.52. The molecule has 1 aliphatic carbocycles. The van der Waals surface area contributed by atoms with E-state index in [-0.39, 0.29) is 11.5 Å². The number of aliphatic carboxylic acids is 1. The summed E-state index contributed by atoms with van der Waals surface area (Å²) in [5.41, 5.74) is 0.147. The van der Waals surface area contributed by atoms with Gasteiger partial charge < -0.3 is 10.4 Å². The average Bonchev–Trinajstić information content (AvgIpc) is 1.95. The molecule has 3 heteroatoms. The number of hydrogen-bond acceptors (Lipinski definition) is 2. The van der Waals surface area contributed by atoms with Crippen LogP contribution in [0.5, 0.6) is 0 Å². The third-order valence-corrected chi connectivity index (χ3v) is 2.97. The second kappa shape index (κ2) is 3.66. The van der Waals surface area contributed by atoms with Gasteiger partial charge >= 0.3 is 5.97 Å². The highest BCUT2D eigenvalue weighted by Crippen LogP contribution is 2.29. The zero-order valence-electron chi connectivity index (χ0n) is 8.63. The molecule has 13 heavy (non-hydrogen) atoms. The van der Waals surface area contributed by atoms with Gasteiger partial charge in [-0.05, 0) is 33.1 Å². The fraction of sp³-hybridized carbons (Fsp3) is 0.900. The van der Waals surface area contributed by atoms with E-state index >= 15 is 0 Å². The van der Waals surface area contributed by atoms with Gasteiger partial charge in [0.15, 0.2) is 0 Å². The molecule has 0 spiro atoms. The highest BCUT2D eigenvalue weighted by Gasteiger charge is 2.36. The molecule has 0 radical (unpaired) electrons. The lowest BCUT2D eigenvalue weighted by molar-refractivity contribution is -0.145. The van der Waals surface area contributed by atoms with Crippen LogP contribution in [0.15, 0.2) is 0 Å². The molecule has 0 bridgehead atoms. The van der Waals surface area contributed by atoms with Crippen LogP contribution in [-0.4, -0.2) is 22.7 Å². The summed E-state index contributed by atoms with van der Waals surface area (Å²) < 4.78 is 0. The maximum atomic E-state index is 10.5. The van der Waals surface area contributed by atoms with Gasteiger partial charge in [-0.1, -0.05) is 6.92 Å². The summed E-state index contributed by atoms with van der Waals surface area (Å²) in [5, 5.41) is 12.1. The monoisotopic (exact) mass is 185 g/mol. The van der Waals surface area contributed by atoms with Crippen molar-refractivity contribution in [3.8, 4) is 0 Å². The molecule has 0 heterocycles. The molecule has 2 N–H and O–H groups in total. The van der Waals surface area contributed by atoms with E-state index in [0.29, 0.717) is 6.04 Å². The van der Waals surface area contributed by atoms with Crippen molar-refractivity contribution in [2.45, 2.75) is 51.6 Å². The highest BCUT2D eigenvalue weighted by molar-refractivity contribution is 5.71. The molecule has 0 aliphatic heterocycles.